The van der Waals surface area contributed by atoms with E-state index in [-0.39, 0.29) is 0 Å². The molecule has 3 nitrogen and oxygen atoms in total. The molecule has 0 spiro atoms. The van der Waals surface area contributed by atoms with Crippen LogP contribution >= 0.6 is 11.3 Å². The lowest BCUT2D eigenvalue weighted by molar-refractivity contribution is 0.305. The summed E-state index contributed by atoms with van der Waals surface area (Å²) in [7, 11) is 0. The van der Waals surface area contributed by atoms with Crippen molar-refractivity contribution in [1.82, 2.24) is 10.3 Å². The van der Waals surface area contributed by atoms with Crippen molar-refractivity contribution in [3.63, 3.8) is 0 Å². The van der Waals surface area contributed by atoms with Gasteiger partial charge in [-0.2, -0.15) is 0 Å². The van der Waals surface area contributed by atoms with Crippen LogP contribution in [0, 0.1) is 6.92 Å². The normalized spacial score (nSPS) is 10.7. The van der Waals surface area contributed by atoms with Crippen molar-refractivity contribution < 1.29 is 4.74 Å². The number of thiazole rings is 1. The second kappa shape index (κ2) is 8.02. The van der Waals surface area contributed by atoms with Gasteiger partial charge in [-0.1, -0.05) is 31.5 Å². The lowest BCUT2D eigenvalue weighted by Gasteiger charge is -2.02. The molecule has 0 fully saturated rings. The van der Waals surface area contributed by atoms with Gasteiger partial charge in [0.15, 0.2) is 0 Å². The van der Waals surface area contributed by atoms with Crippen molar-refractivity contribution in [3.8, 4) is 5.75 Å². The average Bonchev–Trinajstić information content (AvgIpc) is 2.83. The van der Waals surface area contributed by atoms with Crippen molar-refractivity contribution in [2.75, 3.05) is 6.54 Å². The zero-order valence-corrected chi connectivity index (χ0v) is 13.0. The molecule has 0 aliphatic rings. The molecule has 1 aromatic heterocycles. The molecule has 1 N–H and O–H groups in total. The monoisotopic (exact) mass is 290 g/mol. The van der Waals surface area contributed by atoms with E-state index >= 15 is 0 Å². The number of para-hydroxylation sites is 1. The molecule has 0 saturated carbocycles. The number of nitrogens with one attached hydrogen (secondary N) is 1. The SMILES string of the molecule is CCCCNCc1sc(COc2ccccc2)nc1C. The van der Waals surface area contributed by atoms with E-state index in [1.165, 1.54) is 17.7 Å². The molecule has 1 heterocycles. The summed E-state index contributed by atoms with van der Waals surface area (Å²) in [5.74, 6) is 0.892. The molecular formula is C16H22N2OS. The second-order valence-electron chi connectivity index (χ2n) is 4.75. The number of ether oxygens (including phenoxy) is 1. The molecule has 0 aliphatic carbocycles. The third-order valence-electron chi connectivity index (χ3n) is 3.04. The number of hydrogen-bond acceptors (Lipinski definition) is 4. The fourth-order valence-electron chi connectivity index (χ4n) is 1.88. The predicted molar refractivity (Wildman–Crippen MR) is 84.2 cm³/mol. The smallest absolute Gasteiger partial charge is 0.140 e. The summed E-state index contributed by atoms with van der Waals surface area (Å²) in [5.41, 5.74) is 1.12. The van der Waals surface area contributed by atoms with Crippen LogP contribution < -0.4 is 10.1 Å². The van der Waals surface area contributed by atoms with Crippen molar-refractivity contribution in [2.45, 2.75) is 39.8 Å². The van der Waals surface area contributed by atoms with Gasteiger partial charge in [0.1, 0.15) is 17.4 Å². The van der Waals surface area contributed by atoms with Crippen LogP contribution in [0.2, 0.25) is 0 Å². The Morgan fingerprint density at radius 2 is 2.05 bits per heavy atom. The minimum Gasteiger partial charge on any atom is -0.486 e. The highest BCUT2D eigenvalue weighted by molar-refractivity contribution is 7.11. The van der Waals surface area contributed by atoms with Gasteiger partial charge in [-0.3, -0.25) is 0 Å². The number of benzene rings is 1. The summed E-state index contributed by atoms with van der Waals surface area (Å²) >= 11 is 1.74. The molecule has 2 aromatic rings. The van der Waals surface area contributed by atoms with Crippen molar-refractivity contribution in [3.05, 3.63) is 45.9 Å². The van der Waals surface area contributed by atoms with Crippen LogP contribution in [0.15, 0.2) is 30.3 Å². The van der Waals surface area contributed by atoms with Gasteiger partial charge >= 0.3 is 0 Å². The maximum atomic E-state index is 5.73. The van der Waals surface area contributed by atoms with E-state index in [2.05, 4.69) is 24.1 Å². The van der Waals surface area contributed by atoms with Crippen LogP contribution in [0.5, 0.6) is 5.75 Å². The predicted octanol–water partition coefficient (Wildman–Crippen LogP) is 3.92. The van der Waals surface area contributed by atoms with Crippen molar-refractivity contribution in [1.29, 1.82) is 0 Å². The molecule has 0 atom stereocenters. The van der Waals surface area contributed by atoms with Crippen LogP contribution in [0.1, 0.15) is 35.3 Å². The fourth-order valence-corrected chi connectivity index (χ4v) is 2.83. The highest BCUT2D eigenvalue weighted by Gasteiger charge is 2.07. The maximum Gasteiger partial charge on any atom is 0.140 e. The molecule has 0 radical (unpaired) electrons. The van der Waals surface area contributed by atoms with Gasteiger partial charge in [0.2, 0.25) is 0 Å². The second-order valence-corrected chi connectivity index (χ2v) is 5.92. The van der Waals surface area contributed by atoms with Crippen LogP contribution in [0.4, 0.5) is 0 Å². The Hall–Kier alpha value is -1.39. The highest BCUT2D eigenvalue weighted by atomic mass is 32.1. The first-order valence-electron chi connectivity index (χ1n) is 7.13. The van der Waals surface area contributed by atoms with E-state index < -0.39 is 0 Å². The topological polar surface area (TPSA) is 34.1 Å². The van der Waals surface area contributed by atoms with Gasteiger partial charge in [0.25, 0.3) is 0 Å². The fraction of sp³-hybridized carbons (Fsp3) is 0.438. The minimum absolute atomic E-state index is 0.546. The summed E-state index contributed by atoms with van der Waals surface area (Å²) in [6.07, 6.45) is 2.45. The number of hydrogen-bond donors (Lipinski definition) is 1. The zero-order valence-electron chi connectivity index (χ0n) is 12.2. The standard InChI is InChI=1S/C16H22N2OS/c1-3-4-10-17-11-15-13(2)18-16(20-15)12-19-14-8-6-5-7-9-14/h5-9,17H,3-4,10-12H2,1-2H3. The lowest BCUT2D eigenvalue weighted by atomic mass is 10.3. The minimum atomic E-state index is 0.546. The molecule has 0 saturated heterocycles. The average molecular weight is 290 g/mol. The van der Waals surface area contributed by atoms with Crippen molar-refractivity contribution >= 4 is 11.3 Å². The summed E-state index contributed by atoms with van der Waals surface area (Å²) < 4.78 is 5.73. The summed E-state index contributed by atoms with van der Waals surface area (Å²) in [6, 6.07) is 9.87. The van der Waals surface area contributed by atoms with E-state index in [1.54, 1.807) is 11.3 Å². The molecule has 108 valence electrons. The molecule has 0 bridgehead atoms. The van der Waals surface area contributed by atoms with E-state index in [1.807, 2.05) is 30.3 Å². The molecule has 4 heteroatoms. The summed E-state index contributed by atoms with van der Waals surface area (Å²) in [4.78, 5) is 5.89. The van der Waals surface area contributed by atoms with Gasteiger partial charge in [-0.05, 0) is 32.0 Å². The van der Waals surface area contributed by atoms with Crippen LogP contribution in [0.3, 0.4) is 0 Å². The quantitative estimate of drug-likeness (QED) is 0.748. The number of nitrogens with zero attached hydrogens (tertiary/aromatic N) is 1. The first-order chi connectivity index (χ1) is 9.79. The van der Waals surface area contributed by atoms with E-state index in [9.17, 15) is 0 Å². The summed E-state index contributed by atoms with van der Waals surface area (Å²) in [6.45, 7) is 6.81. The van der Waals surface area contributed by atoms with Gasteiger partial charge < -0.3 is 10.1 Å². The maximum absolute atomic E-state index is 5.73. The Labute approximate surface area is 125 Å². The van der Waals surface area contributed by atoms with E-state index in [0.717, 1.165) is 29.5 Å². The largest absolute Gasteiger partial charge is 0.486 e. The Morgan fingerprint density at radius 3 is 2.80 bits per heavy atom. The molecule has 2 rings (SSSR count). The Kier molecular flexibility index (Phi) is 6.02. The molecule has 1 aromatic carbocycles. The van der Waals surface area contributed by atoms with Gasteiger partial charge in [0.05, 0.1) is 5.69 Å². The van der Waals surface area contributed by atoms with Gasteiger partial charge in [-0.25, -0.2) is 4.98 Å². The molecular weight excluding hydrogens is 268 g/mol. The van der Waals surface area contributed by atoms with Crippen LogP contribution in [-0.4, -0.2) is 11.5 Å². The van der Waals surface area contributed by atoms with Crippen molar-refractivity contribution in [2.24, 2.45) is 0 Å². The number of aromatic nitrogens is 1. The number of aryl methyl sites for hydroxylation is 1. The molecule has 0 aliphatic heterocycles. The summed E-state index contributed by atoms with van der Waals surface area (Å²) in [5, 5.41) is 4.50. The third-order valence-corrected chi connectivity index (χ3v) is 4.17. The van der Waals surface area contributed by atoms with Gasteiger partial charge in [-0.15, -0.1) is 11.3 Å². The van der Waals surface area contributed by atoms with Crippen LogP contribution in [0.25, 0.3) is 0 Å². The zero-order chi connectivity index (χ0) is 14.2. The molecule has 0 amide bonds. The Bertz CT molecular complexity index is 510. The van der Waals surface area contributed by atoms with E-state index in [0.29, 0.717) is 6.61 Å². The molecule has 0 unspecified atom stereocenters. The Balaban J connectivity index is 1.84. The number of rotatable bonds is 8. The lowest BCUT2D eigenvalue weighted by Crippen LogP contribution is -2.14. The molecule has 20 heavy (non-hydrogen) atoms. The highest BCUT2D eigenvalue weighted by Crippen LogP contribution is 2.20. The van der Waals surface area contributed by atoms with Gasteiger partial charge in [0, 0.05) is 11.4 Å². The third kappa shape index (κ3) is 4.62. The Morgan fingerprint density at radius 1 is 1.25 bits per heavy atom. The van der Waals surface area contributed by atoms with Crippen LogP contribution in [-0.2, 0) is 13.2 Å². The first-order valence-corrected chi connectivity index (χ1v) is 7.95. The number of unbranched alkanes of at least 4 members (excludes halogenated alkanes) is 1. The van der Waals surface area contributed by atoms with E-state index in [4.69, 9.17) is 4.74 Å². The first kappa shape index (κ1) is 15.0.